The molecule has 0 spiro atoms. The average molecular weight is 640 g/mol. The number of nitrogens with zero attached hydrogens (tertiary/aromatic N) is 2. The van der Waals surface area contributed by atoms with Gasteiger partial charge in [-0.1, -0.05) is 6.07 Å². The van der Waals surface area contributed by atoms with Crippen LogP contribution in [-0.4, -0.2) is 54.7 Å². The van der Waals surface area contributed by atoms with Crippen LogP contribution in [0.15, 0.2) is 48.7 Å². The second-order valence-electron chi connectivity index (χ2n) is 11.4. The molecule has 1 heterocycles. The van der Waals surface area contributed by atoms with Gasteiger partial charge in [0.05, 0.1) is 7.11 Å². The summed E-state index contributed by atoms with van der Waals surface area (Å²) < 4.78 is 75.9. The molecule has 1 N–H and O–H groups in total. The molecule has 0 aliphatic rings. The Hall–Kier alpha value is -4.82. The van der Waals surface area contributed by atoms with Gasteiger partial charge in [0.15, 0.2) is 23.4 Å². The Morgan fingerprint density at radius 1 is 0.800 bits per heavy atom. The molecule has 244 valence electrons. The molecule has 3 aromatic rings. The van der Waals surface area contributed by atoms with E-state index in [4.69, 9.17) is 14.2 Å². The van der Waals surface area contributed by atoms with Crippen molar-refractivity contribution in [2.24, 2.45) is 0 Å². The maximum atomic E-state index is 13.2. The molecule has 45 heavy (non-hydrogen) atoms. The van der Waals surface area contributed by atoms with Crippen LogP contribution in [0.3, 0.4) is 0 Å². The first-order valence-corrected chi connectivity index (χ1v) is 13.4. The number of fused-ring (bicyclic) bond motifs is 1. The van der Waals surface area contributed by atoms with Crippen molar-refractivity contribution in [2.75, 3.05) is 17.3 Å². The number of alkyl halides is 4. The number of hydrogen-bond donors (Lipinski definition) is 1. The van der Waals surface area contributed by atoms with Crippen LogP contribution in [0, 0.1) is 0 Å². The summed E-state index contributed by atoms with van der Waals surface area (Å²) in [5.41, 5.74) is -1.58. The standard InChI is InChI=1S/C30H33F4N3O8/c1-29(2,3)44-27(39)37(28(40)45-30(4,5)6)23-19-10-9-18(14-16(19)12-13-35-23)36-22(24(38)41-7)17-8-11-20(42-25(31)32)21(15-17)43-26(33)34/h8-15,22,25-26,36H,1-7H3. The normalized spacial score (nSPS) is 12.5. The van der Waals surface area contributed by atoms with Crippen LogP contribution < -0.4 is 19.7 Å². The number of hydrogen-bond acceptors (Lipinski definition) is 10. The molecule has 0 fully saturated rings. The molecule has 1 atom stereocenters. The van der Waals surface area contributed by atoms with E-state index in [1.165, 1.54) is 24.4 Å². The number of ether oxygens (including phenoxy) is 5. The predicted octanol–water partition coefficient (Wildman–Crippen LogP) is 7.44. The molecule has 1 aromatic heterocycles. The Bertz CT molecular complexity index is 1510. The molecule has 3 rings (SSSR count). The van der Waals surface area contributed by atoms with Crippen LogP contribution in [0.5, 0.6) is 11.5 Å². The Labute approximate surface area is 256 Å². The first-order chi connectivity index (χ1) is 20.9. The molecule has 15 heteroatoms. The Kier molecular flexibility index (Phi) is 10.7. The number of pyridine rings is 1. The number of carbonyl (C=O) groups is 3. The number of carbonyl (C=O) groups excluding carboxylic acids is 3. The van der Waals surface area contributed by atoms with Gasteiger partial charge in [-0.25, -0.2) is 19.4 Å². The van der Waals surface area contributed by atoms with Crippen molar-refractivity contribution >= 4 is 40.4 Å². The van der Waals surface area contributed by atoms with Crippen LogP contribution in [-0.2, 0) is 19.0 Å². The third-order valence-corrected chi connectivity index (χ3v) is 5.59. The number of halogens is 4. The zero-order valence-corrected chi connectivity index (χ0v) is 25.5. The monoisotopic (exact) mass is 639 g/mol. The topological polar surface area (TPSA) is 126 Å². The Morgan fingerprint density at radius 3 is 1.91 bits per heavy atom. The molecule has 11 nitrogen and oxygen atoms in total. The van der Waals surface area contributed by atoms with Crippen LogP contribution in [0.2, 0.25) is 0 Å². The summed E-state index contributed by atoms with van der Waals surface area (Å²) in [6, 6.07) is 7.92. The molecule has 2 aromatic carbocycles. The van der Waals surface area contributed by atoms with E-state index in [2.05, 4.69) is 19.8 Å². The zero-order chi connectivity index (χ0) is 33.7. The maximum Gasteiger partial charge on any atom is 0.425 e. The number of rotatable bonds is 9. The van der Waals surface area contributed by atoms with E-state index in [0.29, 0.717) is 21.4 Å². The summed E-state index contributed by atoms with van der Waals surface area (Å²) in [6.45, 7) is 3.11. The maximum absolute atomic E-state index is 13.2. The van der Waals surface area contributed by atoms with Crippen LogP contribution in [0.25, 0.3) is 10.8 Å². The molecule has 2 amide bonds. The van der Waals surface area contributed by atoms with Gasteiger partial charge in [-0.3, -0.25) is 0 Å². The lowest BCUT2D eigenvalue weighted by molar-refractivity contribution is -0.141. The van der Waals surface area contributed by atoms with Gasteiger partial charge in [-0.15, -0.1) is 0 Å². The van der Waals surface area contributed by atoms with E-state index in [1.807, 2.05) is 0 Å². The predicted molar refractivity (Wildman–Crippen MR) is 155 cm³/mol. The third-order valence-electron chi connectivity index (χ3n) is 5.59. The summed E-state index contributed by atoms with van der Waals surface area (Å²) in [4.78, 5) is 44.0. The fraction of sp³-hybridized carbons (Fsp3) is 0.400. The van der Waals surface area contributed by atoms with Crippen molar-refractivity contribution in [3.05, 3.63) is 54.2 Å². The third kappa shape index (κ3) is 9.58. The number of benzene rings is 2. The van der Waals surface area contributed by atoms with Crippen molar-refractivity contribution < 1.29 is 55.6 Å². The fourth-order valence-corrected chi connectivity index (χ4v) is 3.94. The highest BCUT2D eigenvalue weighted by molar-refractivity contribution is 6.14. The summed E-state index contributed by atoms with van der Waals surface area (Å²) in [7, 11) is 1.10. The van der Waals surface area contributed by atoms with Gasteiger partial charge in [-0.2, -0.15) is 22.5 Å². The van der Waals surface area contributed by atoms with Gasteiger partial charge in [0.1, 0.15) is 11.2 Å². The smallest absolute Gasteiger partial charge is 0.425 e. The largest absolute Gasteiger partial charge is 0.467 e. The Morgan fingerprint density at radius 2 is 1.38 bits per heavy atom. The van der Waals surface area contributed by atoms with Crippen molar-refractivity contribution in [1.82, 2.24) is 4.98 Å². The first-order valence-electron chi connectivity index (χ1n) is 13.4. The Balaban J connectivity index is 2.05. The van der Waals surface area contributed by atoms with E-state index in [9.17, 15) is 31.9 Å². The highest BCUT2D eigenvalue weighted by Gasteiger charge is 2.35. The van der Waals surface area contributed by atoms with Crippen molar-refractivity contribution in [2.45, 2.75) is 72.0 Å². The average Bonchev–Trinajstić information content (AvgIpc) is 2.90. The highest BCUT2D eigenvalue weighted by Crippen LogP contribution is 2.35. The van der Waals surface area contributed by atoms with Gasteiger partial charge in [0.2, 0.25) is 0 Å². The summed E-state index contributed by atoms with van der Waals surface area (Å²) >= 11 is 0. The molecule has 0 aliphatic heterocycles. The van der Waals surface area contributed by atoms with E-state index in [-0.39, 0.29) is 11.4 Å². The van der Waals surface area contributed by atoms with Crippen LogP contribution in [0.4, 0.5) is 38.7 Å². The number of anilines is 2. The number of nitrogens with one attached hydrogen (secondary N) is 1. The number of esters is 1. The van der Waals surface area contributed by atoms with Gasteiger partial charge in [0, 0.05) is 17.3 Å². The van der Waals surface area contributed by atoms with Crippen molar-refractivity contribution in [3.63, 3.8) is 0 Å². The second kappa shape index (κ2) is 13.9. The fourth-order valence-electron chi connectivity index (χ4n) is 3.94. The van der Waals surface area contributed by atoms with E-state index in [0.717, 1.165) is 19.2 Å². The molecule has 1 unspecified atom stereocenters. The molecule has 0 radical (unpaired) electrons. The van der Waals surface area contributed by atoms with Gasteiger partial charge >= 0.3 is 31.4 Å². The highest BCUT2D eigenvalue weighted by atomic mass is 19.3. The molecular weight excluding hydrogens is 606 g/mol. The van der Waals surface area contributed by atoms with Crippen LogP contribution in [0.1, 0.15) is 53.1 Å². The number of imide groups is 1. The van der Waals surface area contributed by atoms with E-state index < -0.39 is 60.1 Å². The number of amides is 2. The quantitative estimate of drug-likeness (QED) is 0.143. The molecule has 0 bridgehead atoms. The zero-order valence-electron chi connectivity index (χ0n) is 25.5. The SMILES string of the molecule is COC(=O)C(Nc1ccc2c(N(C(=O)OC(C)(C)C)C(=O)OC(C)(C)C)nccc2c1)c1ccc(OC(F)F)c(OC(F)F)c1. The lowest BCUT2D eigenvalue weighted by Crippen LogP contribution is -2.44. The van der Waals surface area contributed by atoms with Crippen molar-refractivity contribution in [1.29, 1.82) is 0 Å². The van der Waals surface area contributed by atoms with Crippen LogP contribution >= 0.6 is 0 Å². The lowest BCUT2D eigenvalue weighted by atomic mass is 10.0. The minimum absolute atomic E-state index is 0.0238. The van der Waals surface area contributed by atoms with Gasteiger partial charge in [0.25, 0.3) is 0 Å². The lowest BCUT2D eigenvalue weighted by Gasteiger charge is -2.28. The minimum Gasteiger partial charge on any atom is -0.467 e. The number of methoxy groups -OCH3 is 1. The van der Waals surface area contributed by atoms with Crippen molar-refractivity contribution in [3.8, 4) is 11.5 Å². The van der Waals surface area contributed by atoms with E-state index >= 15 is 0 Å². The van der Waals surface area contributed by atoms with Gasteiger partial charge in [-0.05, 0) is 88.9 Å². The summed E-state index contributed by atoms with van der Waals surface area (Å²) in [5.74, 6) is -2.33. The first kappa shape index (κ1) is 34.7. The van der Waals surface area contributed by atoms with Gasteiger partial charge < -0.3 is 29.0 Å². The molecule has 0 saturated heterocycles. The summed E-state index contributed by atoms with van der Waals surface area (Å²) in [5, 5.41) is 3.69. The molecular formula is C30H33F4N3O8. The summed E-state index contributed by atoms with van der Waals surface area (Å²) in [6.07, 6.45) is -0.701. The second-order valence-corrected chi connectivity index (χ2v) is 11.4. The number of aromatic nitrogens is 1. The molecule has 0 aliphatic carbocycles. The minimum atomic E-state index is -3.37. The van der Waals surface area contributed by atoms with E-state index in [1.54, 1.807) is 53.7 Å². The molecule has 0 saturated carbocycles.